The van der Waals surface area contributed by atoms with Crippen molar-refractivity contribution in [3.8, 4) is 0 Å². The maximum Gasteiger partial charge on any atom is 0.247 e. The van der Waals surface area contributed by atoms with Crippen LogP contribution >= 0.6 is 0 Å². The predicted molar refractivity (Wildman–Crippen MR) is 85.0 cm³/mol. The van der Waals surface area contributed by atoms with E-state index in [-0.39, 0.29) is 5.91 Å². The second kappa shape index (κ2) is 8.60. The topological polar surface area (TPSA) is 41.6 Å². The molecular formula is C17H24N2O2. The quantitative estimate of drug-likeness (QED) is 0.813. The lowest BCUT2D eigenvalue weighted by Gasteiger charge is -2.26. The summed E-state index contributed by atoms with van der Waals surface area (Å²) < 4.78 is 5.31. The number of carbonyl (C=O) groups is 1. The first-order valence-electron chi connectivity index (χ1n) is 7.63. The van der Waals surface area contributed by atoms with Gasteiger partial charge in [0.05, 0.1) is 13.2 Å². The molecule has 1 fully saturated rings. The van der Waals surface area contributed by atoms with Crippen molar-refractivity contribution in [2.24, 2.45) is 0 Å². The van der Waals surface area contributed by atoms with Crippen molar-refractivity contribution >= 4 is 12.0 Å². The molecule has 0 bridgehead atoms. The summed E-state index contributed by atoms with van der Waals surface area (Å²) in [6.07, 6.45) is 2.70. The summed E-state index contributed by atoms with van der Waals surface area (Å²) in [4.78, 5) is 14.5. The minimum absolute atomic E-state index is 0.0367. The van der Waals surface area contributed by atoms with Crippen LogP contribution in [0.3, 0.4) is 0 Å². The molecule has 1 aromatic carbocycles. The van der Waals surface area contributed by atoms with E-state index in [4.69, 9.17) is 4.74 Å². The van der Waals surface area contributed by atoms with Gasteiger partial charge in [-0.15, -0.1) is 0 Å². The molecule has 114 valence electrons. The maximum atomic E-state index is 12.2. The summed E-state index contributed by atoms with van der Waals surface area (Å²) in [5.74, 6) is 0.0367. The summed E-state index contributed by atoms with van der Waals surface area (Å²) >= 11 is 0. The number of hydrogen-bond donors (Lipinski definition) is 1. The Hall–Kier alpha value is -1.65. The molecule has 1 heterocycles. The highest BCUT2D eigenvalue weighted by atomic mass is 16.5. The van der Waals surface area contributed by atoms with Crippen molar-refractivity contribution < 1.29 is 9.53 Å². The highest BCUT2D eigenvalue weighted by Crippen LogP contribution is 2.09. The third kappa shape index (κ3) is 5.33. The molecule has 2 rings (SSSR count). The zero-order valence-electron chi connectivity index (χ0n) is 12.7. The van der Waals surface area contributed by atoms with Crippen LogP contribution < -0.4 is 5.32 Å². The fraction of sp³-hybridized carbons (Fsp3) is 0.471. The van der Waals surface area contributed by atoms with E-state index in [2.05, 4.69) is 10.2 Å². The molecular weight excluding hydrogens is 264 g/mol. The van der Waals surface area contributed by atoms with E-state index < -0.39 is 0 Å². The number of carbonyl (C=O) groups excluding carboxylic acids is 1. The second-order valence-electron chi connectivity index (χ2n) is 5.14. The van der Waals surface area contributed by atoms with E-state index in [0.717, 1.165) is 50.4 Å². The molecule has 4 heteroatoms. The van der Waals surface area contributed by atoms with Crippen molar-refractivity contribution in [1.82, 2.24) is 10.2 Å². The van der Waals surface area contributed by atoms with E-state index >= 15 is 0 Å². The first-order chi connectivity index (χ1) is 10.3. The molecule has 21 heavy (non-hydrogen) atoms. The molecule has 4 nitrogen and oxygen atoms in total. The maximum absolute atomic E-state index is 12.2. The molecule has 0 aromatic heterocycles. The number of hydrogen-bond acceptors (Lipinski definition) is 3. The summed E-state index contributed by atoms with van der Waals surface area (Å²) in [5.41, 5.74) is 1.89. The van der Waals surface area contributed by atoms with Crippen LogP contribution in [0.5, 0.6) is 0 Å². The Balaban J connectivity index is 1.81. The van der Waals surface area contributed by atoms with E-state index in [1.807, 2.05) is 43.3 Å². The average molecular weight is 288 g/mol. The summed E-state index contributed by atoms with van der Waals surface area (Å²) in [6, 6.07) is 9.96. The SMILES string of the molecule is CC/C(=C\c1ccccc1)C(=O)NCCN1CCOCC1. The Labute approximate surface area is 126 Å². The molecule has 0 saturated carbocycles. The normalized spacial score (nSPS) is 16.7. The molecule has 1 aliphatic rings. The highest BCUT2D eigenvalue weighted by molar-refractivity contribution is 5.97. The van der Waals surface area contributed by atoms with Gasteiger partial charge in [-0.2, -0.15) is 0 Å². The molecule has 0 atom stereocenters. The van der Waals surface area contributed by atoms with Gasteiger partial charge in [-0.05, 0) is 18.1 Å². The summed E-state index contributed by atoms with van der Waals surface area (Å²) in [5, 5.41) is 3.01. The van der Waals surface area contributed by atoms with E-state index in [1.165, 1.54) is 0 Å². The zero-order chi connectivity index (χ0) is 14.9. The van der Waals surface area contributed by atoms with E-state index in [9.17, 15) is 4.79 Å². The molecule has 0 aliphatic carbocycles. The Morgan fingerprint density at radius 3 is 2.67 bits per heavy atom. The standard InChI is InChI=1S/C17H24N2O2/c1-2-16(14-15-6-4-3-5-7-15)17(20)18-8-9-19-10-12-21-13-11-19/h3-7,14H,2,8-13H2,1H3,(H,18,20)/b16-14+. The smallest absolute Gasteiger partial charge is 0.247 e. The molecule has 1 aliphatic heterocycles. The first-order valence-corrected chi connectivity index (χ1v) is 7.63. The largest absolute Gasteiger partial charge is 0.379 e. The van der Waals surface area contributed by atoms with Crippen LogP contribution in [0.25, 0.3) is 6.08 Å². The molecule has 1 saturated heterocycles. The van der Waals surface area contributed by atoms with Crippen LogP contribution in [0, 0.1) is 0 Å². The van der Waals surface area contributed by atoms with Crippen LogP contribution in [0.1, 0.15) is 18.9 Å². The molecule has 1 N–H and O–H groups in total. The highest BCUT2D eigenvalue weighted by Gasteiger charge is 2.11. The van der Waals surface area contributed by atoms with Gasteiger partial charge in [0.15, 0.2) is 0 Å². The number of benzene rings is 1. The zero-order valence-corrected chi connectivity index (χ0v) is 12.7. The van der Waals surface area contributed by atoms with Gasteiger partial charge in [-0.1, -0.05) is 37.3 Å². The predicted octanol–water partition coefficient (Wildman–Crippen LogP) is 1.93. The van der Waals surface area contributed by atoms with Crippen LogP contribution in [-0.4, -0.2) is 50.2 Å². The third-order valence-corrected chi connectivity index (χ3v) is 3.63. The van der Waals surface area contributed by atoms with Crippen molar-refractivity contribution in [2.45, 2.75) is 13.3 Å². The number of nitrogens with zero attached hydrogens (tertiary/aromatic N) is 1. The van der Waals surface area contributed by atoms with E-state index in [0.29, 0.717) is 6.54 Å². The van der Waals surface area contributed by atoms with Gasteiger partial charge in [0.1, 0.15) is 0 Å². The van der Waals surface area contributed by atoms with Gasteiger partial charge < -0.3 is 10.1 Å². The lowest BCUT2D eigenvalue weighted by Crippen LogP contribution is -2.41. The van der Waals surface area contributed by atoms with Crippen molar-refractivity contribution in [3.05, 3.63) is 41.5 Å². The number of ether oxygens (including phenoxy) is 1. The monoisotopic (exact) mass is 288 g/mol. The van der Waals surface area contributed by atoms with Crippen LogP contribution in [-0.2, 0) is 9.53 Å². The van der Waals surface area contributed by atoms with Gasteiger partial charge in [0.25, 0.3) is 0 Å². The van der Waals surface area contributed by atoms with Crippen molar-refractivity contribution in [1.29, 1.82) is 0 Å². The lowest BCUT2D eigenvalue weighted by atomic mass is 10.1. The van der Waals surface area contributed by atoms with Gasteiger partial charge in [0, 0.05) is 31.8 Å². The van der Waals surface area contributed by atoms with Crippen LogP contribution in [0.2, 0.25) is 0 Å². The summed E-state index contributed by atoms with van der Waals surface area (Å²) in [7, 11) is 0. The Bertz CT molecular complexity index is 465. The van der Waals surface area contributed by atoms with Crippen LogP contribution in [0.15, 0.2) is 35.9 Å². The van der Waals surface area contributed by atoms with Gasteiger partial charge >= 0.3 is 0 Å². The van der Waals surface area contributed by atoms with Gasteiger partial charge in [0.2, 0.25) is 5.91 Å². The van der Waals surface area contributed by atoms with Crippen molar-refractivity contribution in [2.75, 3.05) is 39.4 Å². The second-order valence-corrected chi connectivity index (χ2v) is 5.14. The minimum Gasteiger partial charge on any atom is -0.379 e. The first kappa shape index (κ1) is 15.7. The third-order valence-electron chi connectivity index (χ3n) is 3.63. The lowest BCUT2D eigenvalue weighted by molar-refractivity contribution is -0.117. The number of amides is 1. The Kier molecular flexibility index (Phi) is 6.44. The molecule has 1 aromatic rings. The Morgan fingerprint density at radius 1 is 1.29 bits per heavy atom. The van der Waals surface area contributed by atoms with Crippen LogP contribution in [0.4, 0.5) is 0 Å². The summed E-state index contributed by atoms with van der Waals surface area (Å²) in [6.45, 7) is 7.08. The average Bonchev–Trinajstić information content (AvgIpc) is 2.54. The van der Waals surface area contributed by atoms with Crippen molar-refractivity contribution in [3.63, 3.8) is 0 Å². The molecule has 0 radical (unpaired) electrons. The number of morpholine rings is 1. The number of rotatable bonds is 6. The van der Waals surface area contributed by atoms with Gasteiger partial charge in [-0.25, -0.2) is 0 Å². The molecule has 0 unspecified atom stereocenters. The fourth-order valence-corrected chi connectivity index (χ4v) is 2.34. The molecule has 0 spiro atoms. The van der Waals surface area contributed by atoms with E-state index in [1.54, 1.807) is 0 Å². The number of nitrogens with one attached hydrogen (secondary N) is 1. The molecule has 1 amide bonds. The minimum atomic E-state index is 0.0367. The fourth-order valence-electron chi connectivity index (χ4n) is 2.34. The Morgan fingerprint density at radius 2 is 2.00 bits per heavy atom. The van der Waals surface area contributed by atoms with Gasteiger partial charge in [-0.3, -0.25) is 9.69 Å².